The summed E-state index contributed by atoms with van der Waals surface area (Å²) in [7, 11) is 3.15. The van der Waals surface area contributed by atoms with Gasteiger partial charge in [-0.1, -0.05) is 18.2 Å². The number of hydrogen-bond donors (Lipinski definition) is 2. The molecule has 29 heavy (non-hydrogen) atoms. The Kier molecular flexibility index (Phi) is 6.03. The smallest absolute Gasteiger partial charge is 0.240 e. The van der Waals surface area contributed by atoms with Gasteiger partial charge in [0.2, 0.25) is 11.8 Å². The fourth-order valence-corrected chi connectivity index (χ4v) is 3.14. The molecule has 1 aliphatic rings. The normalized spacial score (nSPS) is 13.7. The van der Waals surface area contributed by atoms with Crippen LogP contribution in [0.15, 0.2) is 42.5 Å². The van der Waals surface area contributed by atoms with E-state index in [2.05, 4.69) is 10.6 Å². The number of para-hydroxylation sites is 1. The molecule has 150 valence electrons. The molecule has 2 aromatic carbocycles. The first-order valence-electron chi connectivity index (χ1n) is 9.34. The first-order valence-corrected chi connectivity index (χ1v) is 9.34. The summed E-state index contributed by atoms with van der Waals surface area (Å²) in [6.45, 7) is 0.401. The van der Waals surface area contributed by atoms with E-state index in [-0.39, 0.29) is 11.8 Å². The minimum Gasteiger partial charge on any atom is -0.493 e. The molecule has 2 N–H and O–H groups in total. The van der Waals surface area contributed by atoms with Crippen molar-refractivity contribution in [1.29, 1.82) is 5.26 Å². The fraction of sp³-hybridized carbons (Fsp3) is 0.318. The molecule has 2 amide bonds. The Morgan fingerprint density at radius 3 is 2.45 bits per heavy atom. The van der Waals surface area contributed by atoms with Gasteiger partial charge in [0.15, 0.2) is 11.5 Å². The Morgan fingerprint density at radius 1 is 1.07 bits per heavy atom. The number of nitrogens with zero attached hydrogens (tertiary/aromatic N) is 1. The molecule has 0 radical (unpaired) electrons. The number of nitrogens with one attached hydrogen (secondary N) is 2. The molecule has 0 aromatic heterocycles. The monoisotopic (exact) mass is 393 g/mol. The number of ether oxygens (including phenoxy) is 2. The zero-order valence-corrected chi connectivity index (χ0v) is 16.5. The fourth-order valence-electron chi connectivity index (χ4n) is 3.14. The van der Waals surface area contributed by atoms with Gasteiger partial charge in [-0.3, -0.25) is 9.59 Å². The van der Waals surface area contributed by atoms with Crippen LogP contribution in [0.25, 0.3) is 0 Å². The lowest BCUT2D eigenvalue weighted by molar-refractivity contribution is -0.134. The second kappa shape index (κ2) is 8.65. The molecule has 0 bridgehead atoms. The molecule has 2 aromatic rings. The van der Waals surface area contributed by atoms with E-state index in [0.29, 0.717) is 48.6 Å². The molecule has 1 aliphatic carbocycles. The Balaban J connectivity index is 1.58. The molecule has 0 saturated heterocycles. The minimum atomic E-state index is -1.06. The van der Waals surface area contributed by atoms with Crippen LogP contribution in [0.2, 0.25) is 0 Å². The molecular formula is C22H23N3O4. The Morgan fingerprint density at radius 2 is 1.79 bits per heavy atom. The second-order valence-corrected chi connectivity index (χ2v) is 6.89. The largest absolute Gasteiger partial charge is 0.493 e. The maximum atomic E-state index is 12.7. The Hall–Kier alpha value is -3.53. The van der Waals surface area contributed by atoms with Crippen LogP contribution in [-0.4, -0.2) is 32.6 Å². The van der Waals surface area contributed by atoms with Crippen LogP contribution < -0.4 is 20.1 Å². The third kappa shape index (κ3) is 4.32. The Labute approximate surface area is 169 Å². The molecular weight excluding hydrogens is 370 g/mol. The van der Waals surface area contributed by atoms with Crippen LogP contribution in [0.5, 0.6) is 11.5 Å². The van der Waals surface area contributed by atoms with E-state index in [1.54, 1.807) is 38.5 Å². The third-order valence-electron chi connectivity index (χ3n) is 5.06. The molecule has 3 rings (SSSR count). The zero-order valence-electron chi connectivity index (χ0n) is 16.5. The average molecular weight is 393 g/mol. The molecule has 7 heteroatoms. The summed E-state index contributed by atoms with van der Waals surface area (Å²) in [5, 5.41) is 14.7. The van der Waals surface area contributed by atoms with Crippen LogP contribution in [0.3, 0.4) is 0 Å². The van der Waals surface area contributed by atoms with Gasteiger partial charge in [0, 0.05) is 6.54 Å². The van der Waals surface area contributed by atoms with Crippen molar-refractivity contribution < 1.29 is 19.1 Å². The number of amides is 2. The summed E-state index contributed by atoms with van der Waals surface area (Å²) in [5.41, 5.74) is 0.718. The van der Waals surface area contributed by atoms with Crippen molar-refractivity contribution >= 4 is 17.5 Å². The van der Waals surface area contributed by atoms with E-state index >= 15 is 0 Å². The summed E-state index contributed by atoms with van der Waals surface area (Å²) in [6, 6.07) is 14.4. The van der Waals surface area contributed by atoms with Gasteiger partial charge in [-0.2, -0.15) is 5.26 Å². The van der Waals surface area contributed by atoms with Crippen LogP contribution >= 0.6 is 0 Å². The summed E-state index contributed by atoms with van der Waals surface area (Å²) < 4.78 is 10.5. The highest BCUT2D eigenvalue weighted by Crippen LogP contribution is 2.47. The lowest BCUT2D eigenvalue weighted by atomic mass is 10.0. The summed E-state index contributed by atoms with van der Waals surface area (Å²) in [6.07, 6.45) is 1.59. The molecule has 0 heterocycles. The standard InChI is InChI=1S/C22H23N3O4/c1-28-18-8-7-15(13-19(18)29-2)9-12-24-20(26)22(10-11-22)21(27)25-17-6-4-3-5-16(17)14-23/h3-8,13H,9-12H2,1-2H3,(H,24,26)(H,25,27). The lowest BCUT2D eigenvalue weighted by Gasteiger charge is -2.16. The quantitative estimate of drug-likeness (QED) is 0.672. The van der Waals surface area contributed by atoms with Crippen molar-refractivity contribution in [1.82, 2.24) is 5.32 Å². The highest BCUT2D eigenvalue weighted by atomic mass is 16.5. The number of rotatable bonds is 8. The number of carbonyl (C=O) groups excluding carboxylic acids is 2. The van der Waals surface area contributed by atoms with E-state index in [1.165, 1.54) is 0 Å². The van der Waals surface area contributed by atoms with E-state index in [0.717, 1.165) is 5.56 Å². The first-order chi connectivity index (χ1) is 14.0. The van der Waals surface area contributed by atoms with Crippen molar-refractivity contribution in [3.8, 4) is 17.6 Å². The molecule has 0 spiro atoms. The van der Waals surface area contributed by atoms with Crippen molar-refractivity contribution in [3.05, 3.63) is 53.6 Å². The molecule has 0 unspecified atom stereocenters. The van der Waals surface area contributed by atoms with Crippen molar-refractivity contribution in [2.24, 2.45) is 5.41 Å². The SMILES string of the molecule is COc1ccc(CCNC(=O)C2(C(=O)Nc3ccccc3C#N)CC2)cc1OC. The van der Waals surface area contributed by atoms with Crippen molar-refractivity contribution in [2.75, 3.05) is 26.1 Å². The van der Waals surface area contributed by atoms with Crippen molar-refractivity contribution in [2.45, 2.75) is 19.3 Å². The molecule has 0 atom stereocenters. The van der Waals surface area contributed by atoms with Crippen LogP contribution in [0, 0.1) is 16.7 Å². The lowest BCUT2D eigenvalue weighted by Crippen LogP contribution is -2.40. The number of carbonyl (C=O) groups is 2. The first kappa shape index (κ1) is 20.2. The maximum Gasteiger partial charge on any atom is 0.240 e. The topological polar surface area (TPSA) is 100 Å². The van der Waals surface area contributed by atoms with E-state index in [1.807, 2.05) is 24.3 Å². The summed E-state index contributed by atoms with van der Waals surface area (Å²) in [5.74, 6) is 0.616. The average Bonchev–Trinajstić information content (AvgIpc) is 3.56. The van der Waals surface area contributed by atoms with Gasteiger partial charge < -0.3 is 20.1 Å². The van der Waals surface area contributed by atoms with E-state index in [9.17, 15) is 9.59 Å². The molecule has 0 aliphatic heterocycles. The number of hydrogen-bond acceptors (Lipinski definition) is 5. The van der Waals surface area contributed by atoms with Gasteiger partial charge in [-0.15, -0.1) is 0 Å². The van der Waals surface area contributed by atoms with Crippen LogP contribution in [0.4, 0.5) is 5.69 Å². The highest BCUT2D eigenvalue weighted by Gasteiger charge is 2.56. The van der Waals surface area contributed by atoms with E-state index < -0.39 is 5.41 Å². The van der Waals surface area contributed by atoms with Crippen LogP contribution in [0.1, 0.15) is 24.0 Å². The maximum absolute atomic E-state index is 12.7. The van der Waals surface area contributed by atoms with Crippen LogP contribution in [-0.2, 0) is 16.0 Å². The van der Waals surface area contributed by atoms with Gasteiger partial charge in [0.1, 0.15) is 11.5 Å². The highest BCUT2D eigenvalue weighted by molar-refractivity contribution is 6.13. The second-order valence-electron chi connectivity index (χ2n) is 6.89. The Bertz CT molecular complexity index is 961. The number of methoxy groups -OCH3 is 2. The molecule has 1 fully saturated rings. The molecule has 1 saturated carbocycles. The molecule has 7 nitrogen and oxygen atoms in total. The summed E-state index contributed by atoms with van der Waals surface area (Å²) in [4.78, 5) is 25.3. The minimum absolute atomic E-state index is 0.287. The van der Waals surface area contributed by atoms with Gasteiger partial charge in [-0.25, -0.2) is 0 Å². The van der Waals surface area contributed by atoms with Gasteiger partial charge in [-0.05, 0) is 49.1 Å². The zero-order chi connectivity index (χ0) is 20.9. The number of nitriles is 1. The summed E-state index contributed by atoms with van der Waals surface area (Å²) >= 11 is 0. The van der Waals surface area contributed by atoms with Gasteiger partial charge in [0.05, 0.1) is 25.5 Å². The van der Waals surface area contributed by atoms with Crippen molar-refractivity contribution in [3.63, 3.8) is 0 Å². The van der Waals surface area contributed by atoms with E-state index in [4.69, 9.17) is 14.7 Å². The predicted octanol–water partition coefficient (Wildman–Crippen LogP) is 2.65. The number of benzene rings is 2. The van der Waals surface area contributed by atoms with Gasteiger partial charge in [0.25, 0.3) is 0 Å². The third-order valence-corrected chi connectivity index (χ3v) is 5.06. The number of anilines is 1. The predicted molar refractivity (Wildman–Crippen MR) is 108 cm³/mol. The van der Waals surface area contributed by atoms with Gasteiger partial charge >= 0.3 is 0 Å².